The van der Waals surface area contributed by atoms with Crippen molar-refractivity contribution in [3.05, 3.63) is 58.1 Å². The van der Waals surface area contributed by atoms with Crippen molar-refractivity contribution in [3.8, 4) is 11.5 Å². The first-order chi connectivity index (χ1) is 10.0. The molecule has 0 spiro atoms. The van der Waals surface area contributed by atoms with E-state index >= 15 is 0 Å². The van der Waals surface area contributed by atoms with Crippen LogP contribution in [0.1, 0.15) is 19.4 Å². The summed E-state index contributed by atoms with van der Waals surface area (Å²) in [5.41, 5.74) is 1.04. The van der Waals surface area contributed by atoms with Crippen LogP contribution in [0.25, 0.3) is 0 Å². The van der Waals surface area contributed by atoms with Crippen molar-refractivity contribution < 1.29 is 4.74 Å². The Bertz CT molecular complexity index is 582. The molecule has 21 heavy (non-hydrogen) atoms. The Hall–Kier alpha value is -1.22. The monoisotopic (exact) mass is 323 g/mol. The molecule has 0 aliphatic rings. The molecule has 0 amide bonds. The highest BCUT2D eigenvalue weighted by Crippen LogP contribution is 2.28. The zero-order valence-corrected chi connectivity index (χ0v) is 13.7. The van der Waals surface area contributed by atoms with Crippen molar-refractivity contribution >= 4 is 23.2 Å². The molecule has 2 rings (SSSR count). The second-order valence-electron chi connectivity index (χ2n) is 5.33. The number of hydrogen-bond acceptors (Lipinski definition) is 2. The first-order valence-electron chi connectivity index (χ1n) is 6.97. The smallest absolute Gasteiger partial charge is 0.132 e. The lowest BCUT2D eigenvalue weighted by molar-refractivity contribution is 0.469. The van der Waals surface area contributed by atoms with Gasteiger partial charge in [-0.3, -0.25) is 0 Å². The van der Waals surface area contributed by atoms with Crippen molar-refractivity contribution in [1.82, 2.24) is 5.32 Å². The van der Waals surface area contributed by atoms with Crippen LogP contribution in [0.15, 0.2) is 42.5 Å². The summed E-state index contributed by atoms with van der Waals surface area (Å²) in [6.45, 7) is 6.03. The molecule has 2 nitrogen and oxygen atoms in total. The SMILES string of the molecule is CC(C)CNCc1cc(Cl)ccc1Oc1ccc(Cl)cc1. The van der Waals surface area contributed by atoms with Crippen molar-refractivity contribution in [1.29, 1.82) is 0 Å². The van der Waals surface area contributed by atoms with Gasteiger partial charge in [0.2, 0.25) is 0 Å². The maximum absolute atomic E-state index is 6.08. The van der Waals surface area contributed by atoms with Crippen LogP contribution in [0.5, 0.6) is 11.5 Å². The van der Waals surface area contributed by atoms with Crippen LogP contribution in [0.3, 0.4) is 0 Å². The number of hydrogen-bond donors (Lipinski definition) is 1. The predicted octanol–water partition coefficient (Wildman–Crippen LogP) is 5.53. The molecule has 1 N–H and O–H groups in total. The fourth-order valence-electron chi connectivity index (χ4n) is 1.91. The van der Waals surface area contributed by atoms with Gasteiger partial charge >= 0.3 is 0 Å². The maximum Gasteiger partial charge on any atom is 0.132 e. The molecular formula is C17H19Cl2NO. The van der Waals surface area contributed by atoms with E-state index in [2.05, 4.69) is 19.2 Å². The van der Waals surface area contributed by atoms with Gasteiger partial charge in [0.1, 0.15) is 11.5 Å². The first-order valence-corrected chi connectivity index (χ1v) is 7.73. The third-order valence-electron chi connectivity index (χ3n) is 2.93. The molecule has 0 atom stereocenters. The minimum Gasteiger partial charge on any atom is -0.457 e. The summed E-state index contributed by atoms with van der Waals surface area (Å²) >= 11 is 12.0. The van der Waals surface area contributed by atoms with Crippen LogP contribution in [0, 0.1) is 5.92 Å². The number of ether oxygens (including phenoxy) is 1. The quantitative estimate of drug-likeness (QED) is 0.754. The van der Waals surface area contributed by atoms with E-state index in [4.69, 9.17) is 27.9 Å². The molecule has 2 aromatic carbocycles. The highest BCUT2D eigenvalue weighted by atomic mass is 35.5. The average Bonchev–Trinajstić information content (AvgIpc) is 2.43. The van der Waals surface area contributed by atoms with Gasteiger partial charge in [-0.05, 0) is 54.9 Å². The Morgan fingerprint density at radius 3 is 2.33 bits per heavy atom. The molecule has 0 aromatic heterocycles. The Morgan fingerprint density at radius 1 is 1.00 bits per heavy atom. The normalized spacial score (nSPS) is 10.9. The van der Waals surface area contributed by atoms with E-state index in [0.29, 0.717) is 16.0 Å². The van der Waals surface area contributed by atoms with E-state index in [1.807, 2.05) is 42.5 Å². The molecule has 0 aliphatic heterocycles. The third kappa shape index (κ3) is 5.24. The lowest BCUT2D eigenvalue weighted by atomic mass is 10.1. The Kier molecular flexibility index (Phi) is 5.92. The third-order valence-corrected chi connectivity index (χ3v) is 3.42. The highest BCUT2D eigenvalue weighted by molar-refractivity contribution is 6.30. The number of benzene rings is 2. The van der Waals surface area contributed by atoms with Crippen molar-refractivity contribution in [2.45, 2.75) is 20.4 Å². The Labute approximate surface area is 136 Å². The number of nitrogens with one attached hydrogen (secondary N) is 1. The molecular weight excluding hydrogens is 305 g/mol. The minimum absolute atomic E-state index is 0.602. The maximum atomic E-state index is 6.08. The number of rotatable bonds is 6. The molecule has 0 saturated heterocycles. The molecule has 4 heteroatoms. The van der Waals surface area contributed by atoms with Crippen molar-refractivity contribution in [2.75, 3.05) is 6.54 Å². The van der Waals surface area contributed by atoms with Gasteiger partial charge in [-0.1, -0.05) is 37.0 Å². The van der Waals surface area contributed by atoms with Crippen molar-refractivity contribution in [3.63, 3.8) is 0 Å². The molecule has 0 fully saturated rings. The lowest BCUT2D eigenvalue weighted by Crippen LogP contribution is -2.19. The summed E-state index contributed by atoms with van der Waals surface area (Å²) in [6, 6.07) is 13.0. The average molecular weight is 324 g/mol. The van der Waals surface area contributed by atoms with Gasteiger partial charge in [0.15, 0.2) is 0 Å². The highest BCUT2D eigenvalue weighted by Gasteiger charge is 2.07. The topological polar surface area (TPSA) is 21.3 Å². The van der Waals surface area contributed by atoms with Crippen LogP contribution in [-0.4, -0.2) is 6.54 Å². The van der Waals surface area contributed by atoms with Gasteiger partial charge in [-0.2, -0.15) is 0 Å². The fourth-order valence-corrected chi connectivity index (χ4v) is 2.23. The standard InChI is InChI=1S/C17H19Cl2NO/c1-12(2)10-20-11-13-9-15(19)5-8-17(13)21-16-6-3-14(18)4-7-16/h3-9,12,20H,10-11H2,1-2H3. The van der Waals surface area contributed by atoms with Crippen LogP contribution >= 0.6 is 23.2 Å². The van der Waals surface area contributed by atoms with Gasteiger partial charge < -0.3 is 10.1 Å². The van der Waals surface area contributed by atoms with Gasteiger partial charge in [0.05, 0.1) is 0 Å². The van der Waals surface area contributed by atoms with E-state index < -0.39 is 0 Å². The summed E-state index contributed by atoms with van der Waals surface area (Å²) in [6.07, 6.45) is 0. The second kappa shape index (κ2) is 7.69. The number of halogens is 2. The molecule has 0 unspecified atom stereocenters. The summed E-state index contributed by atoms with van der Waals surface area (Å²) in [5.74, 6) is 2.16. The molecule has 0 saturated carbocycles. The molecule has 0 bridgehead atoms. The van der Waals surface area contributed by atoms with E-state index in [1.54, 1.807) is 0 Å². The zero-order chi connectivity index (χ0) is 15.2. The van der Waals surface area contributed by atoms with Gasteiger partial charge in [-0.15, -0.1) is 0 Å². The lowest BCUT2D eigenvalue weighted by Gasteiger charge is -2.13. The summed E-state index contributed by atoms with van der Waals surface area (Å²) in [5, 5.41) is 4.80. The molecule has 0 aliphatic carbocycles. The summed E-state index contributed by atoms with van der Waals surface area (Å²) in [7, 11) is 0. The van der Waals surface area contributed by atoms with Crippen LogP contribution < -0.4 is 10.1 Å². The minimum atomic E-state index is 0.602. The zero-order valence-electron chi connectivity index (χ0n) is 12.2. The molecule has 2 aromatic rings. The first kappa shape index (κ1) is 16.2. The Morgan fingerprint density at radius 2 is 1.67 bits per heavy atom. The van der Waals surface area contributed by atoms with E-state index in [1.165, 1.54) is 0 Å². The van der Waals surface area contributed by atoms with Gasteiger partial charge in [-0.25, -0.2) is 0 Å². The molecule has 0 heterocycles. The van der Waals surface area contributed by atoms with Crippen LogP contribution in [0.2, 0.25) is 10.0 Å². The Balaban J connectivity index is 2.12. The van der Waals surface area contributed by atoms with E-state index in [-0.39, 0.29) is 0 Å². The largest absolute Gasteiger partial charge is 0.457 e. The summed E-state index contributed by atoms with van der Waals surface area (Å²) < 4.78 is 5.92. The fraction of sp³-hybridized carbons (Fsp3) is 0.294. The second-order valence-corrected chi connectivity index (χ2v) is 6.21. The van der Waals surface area contributed by atoms with E-state index in [0.717, 1.165) is 30.2 Å². The predicted molar refractivity (Wildman–Crippen MR) is 89.5 cm³/mol. The summed E-state index contributed by atoms with van der Waals surface area (Å²) in [4.78, 5) is 0. The molecule has 112 valence electrons. The molecule has 0 radical (unpaired) electrons. The van der Waals surface area contributed by atoms with Crippen molar-refractivity contribution in [2.24, 2.45) is 5.92 Å². The van der Waals surface area contributed by atoms with Crippen LogP contribution in [0.4, 0.5) is 0 Å². The van der Waals surface area contributed by atoms with Gasteiger partial charge in [0.25, 0.3) is 0 Å². The van der Waals surface area contributed by atoms with Crippen LogP contribution in [-0.2, 0) is 6.54 Å². The van der Waals surface area contributed by atoms with E-state index in [9.17, 15) is 0 Å². The van der Waals surface area contributed by atoms with Gasteiger partial charge in [0, 0.05) is 22.2 Å².